The highest BCUT2D eigenvalue weighted by molar-refractivity contribution is 7.90. The molecule has 12 heteroatoms. The molecule has 1 amide bonds. The minimum absolute atomic E-state index is 0.111. The summed E-state index contributed by atoms with van der Waals surface area (Å²) in [6, 6.07) is 7.35. The topological polar surface area (TPSA) is 144 Å². The molecule has 0 aliphatic heterocycles. The Morgan fingerprint density at radius 3 is 2.74 bits per heavy atom. The first-order valence-corrected chi connectivity index (χ1v) is 11.8. The van der Waals surface area contributed by atoms with Crippen molar-refractivity contribution in [2.24, 2.45) is 0 Å². The van der Waals surface area contributed by atoms with Gasteiger partial charge in [0.05, 0.1) is 21.9 Å². The molecule has 1 aromatic carbocycles. The summed E-state index contributed by atoms with van der Waals surface area (Å²) in [5, 5.41) is 19.4. The first kappa shape index (κ1) is 22.3. The fourth-order valence-corrected chi connectivity index (χ4v) is 4.13. The van der Waals surface area contributed by atoms with Gasteiger partial charge < -0.3 is 10.6 Å². The lowest BCUT2D eigenvalue weighted by molar-refractivity contribution is -0.384. The molecule has 31 heavy (non-hydrogen) atoms. The highest BCUT2D eigenvalue weighted by Gasteiger charge is 2.18. The Balaban J connectivity index is 1.51. The maximum absolute atomic E-state index is 12.1. The number of nitrogens with zero attached hydrogens (tertiary/aromatic N) is 3. The van der Waals surface area contributed by atoms with Crippen LogP contribution >= 0.6 is 11.3 Å². The Morgan fingerprint density at radius 2 is 2.06 bits per heavy atom. The summed E-state index contributed by atoms with van der Waals surface area (Å²) >= 11 is 1.43. The number of carbonyl (C=O) groups is 1. The molecular weight excluding hydrogens is 442 g/mol. The molecule has 0 bridgehead atoms. The first-order valence-electron chi connectivity index (χ1n) is 9.08. The smallest absolute Gasteiger partial charge is 0.293 e. The molecule has 2 N–H and O–H groups in total. The van der Waals surface area contributed by atoms with Gasteiger partial charge in [-0.25, -0.2) is 13.4 Å². The van der Waals surface area contributed by atoms with Crippen molar-refractivity contribution in [3.05, 3.63) is 63.9 Å². The quantitative estimate of drug-likeness (QED) is 0.281. The number of sulfone groups is 1. The van der Waals surface area contributed by atoms with Gasteiger partial charge in [-0.1, -0.05) is 0 Å². The van der Waals surface area contributed by atoms with E-state index in [1.54, 1.807) is 12.4 Å². The molecule has 3 aromatic rings. The predicted molar refractivity (Wildman–Crippen MR) is 117 cm³/mol. The zero-order valence-electron chi connectivity index (χ0n) is 16.4. The molecule has 0 aliphatic carbocycles. The van der Waals surface area contributed by atoms with Gasteiger partial charge in [0.25, 0.3) is 5.69 Å². The number of hydrogen-bond donors (Lipinski definition) is 2. The number of carbonyl (C=O) groups excluding carboxylic acids is 1. The molecule has 0 saturated carbocycles. The third-order valence-corrected chi connectivity index (χ3v) is 6.21. The van der Waals surface area contributed by atoms with Crippen molar-refractivity contribution >= 4 is 38.5 Å². The van der Waals surface area contributed by atoms with E-state index in [9.17, 15) is 23.3 Å². The number of thiazole rings is 1. The minimum atomic E-state index is -3.56. The third-order valence-electron chi connectivity index (χ3n) is 4.16. The molecule has 0 fully saturated rings. The van der Waals surface area contributed by atoms with Crippen LogP contribution in [0.3, 0.4) is 0 Å². The lowest BCUT2D eigenvalue weighted by Gasteiger charge is -2.09. The van der Waals surface area contributed by atoms with E-state index < -0.39 is 14.8 Å². The molecule has 0 unspecified atom stereocenters. The van der Waals surface area contributed by atoms with Gasteiger partial charge in [-0.15, -0.1) is 11.3 Å². The second kappa shape index (κ2) is 9.62. The monoisotopic (exact) mass is 461 g/mol. The van der Waals surface area contributed by atoms with E-state index in [2.05, 4.69) is 20.6 Å². The average molecular weight is 462 g/mol. The zero-order chi connectivity index (χ0) is 22.4. The molecule has 0 saturated heterocycles. The Labute approximate surface area is 182 Å². The number of pyridine rings is 1. The highest BCUT2D eigenvalue weighted by Crippen LogP contribution is 2.27. The SMILES string of the molecule is CS(=O)(=O)c1ccc(NCCNC(=O)Cc2csc(-c3cccnc3)n2)c([N+](=O)[O-])c1. The van der Waals surface area contributed by atoms with Crippen LogP contribution < -0.4 is 10.6 Å². The van der Waals surface area contributed by atoms with Crippen molar-refractivity contribution in [3.63, 3.8) is 0 Å². The number of nitro benzene ring substituents is 1. The second-order valence-electron chi connectivity index (χ2n) is 6.55. The van der Waals surface area contributed by atoms with Gasteiger partial charge in [-0.05, 0) is 24.3 Å². The Bertz CT molecular complexity index is 1200. The molecule has 0 spiro atoms. The predicted octanol–water partition coefficient (Wildman–Crippen LogP) is 2.29. The molecule has 0 radical (unpaired) electrons. The van der Waals surface area contributed by atoms with E-state index in [1.807, 2.05) is 17.5 Å². The van der Waals surface area contributed by atoms with Crippen LogP contribution in [-0.4, -0.2) is 48.6 Å². The number of anilines is 1. The average Bonchev–Trinajstić information content (AvgIpc) is 3.19. The Hall–Kier alpha value is -3.38. The van der Waals surface area contributed by atoms with Gasteiger partial charge >= 0.3 is 0 Å². The standard InChI is InChI=1S/C19H19N5O5S2/c1-31(28,29)15-4-5-16(17(10-15)24(26)27)21-7-8-22-18(25)9-14-12-30-19(23-14)13-3-2-6-20-11-13/h2-6,10-12,21H,7-9H2,1H3,(H,22,25). The summed E-state index contributed by atoms with van der Waals surface area (Å²) in [7, 11) is -3.56. The van der Waals surface area contributed by atoms with Crippen LogP contribution in [0.15, 0.2) is 53.0 Å². The van der Waals surface area contributed by atoms with Gasteiger partial charge in [0.15, 0.2) is 9.84 Å². The van der Waals surface area contributed by atoms with Gasteiger partial charge in [0.2, 0.25) is 5.91 Å². The normalized spacial score (nSPS) is 11.1. The number of nitrogens with one attached hydrogen (secondary N) is 2. The maximum atomic E-state index is 12.1. The number of amides is 1. The van der Waals surface area contributed by atoms with E-state index in [0.29, 0.717) is 5.69 Å². The van der Waals surface area contributed by atoms with Crippen molar-refractivity contribution in [1.29, 1.82) is 0 Å². The molecule has 10 nitrogen and oxygen atoms in total. The number of nitro groups is 1. The number of hydrogen-bond acceptors (Lipinski definition) is 9. The Kier molecular flexibility index (Phi) is 6.92. The van der Waals surface area contributed by atoms with E-state index in [0.717, 1.165) is 22.9 Å². The lowest BCUT2D eigenvalue weighted by atomic mass is 10.2. The summed E-state index contributed by atoms with van der Waals surface area (Å²) in [5.74, 6) is -0.230. The largest absolute Gasteiger partial charge is 0.378 e. The molecule has 0 aliphatic rings. The molecular formula is C19H19N5O5S2. The minimum Gasteiger partial charge on any atom is -0.378 e. The number of benzene rings is 1. The van der Waals surface area contributed by atoms with E-state index in [1.165, 1.54) is 23.5 Å². The van der Waals surface area contributed by atoms with Crippen LogP contribution in [0, 0.1) is 10.1 Å². The Morgan fingerprint density at radius 1 is 1.26 bits per heavy atom. The van der Waals surface area contributed by atoms with Gasteiger partial charge in [-0.2, -0.15) is 0 Å². The fourth-order valence-electron chi connectivity index (χ4n) is 2.68. The lowest BCUT2D eigenvalue weighted by Crippen LogP contribution is -2.30. The maximum Gasteiger partial charge on any atom is 0.293 e. The van der Waals surface area contributed by atoms with Crippen molar-refractivity contribution < 1.29 is 18.1 Å². The molecule has 0 atom stereocenters. The van der Waals surface area contributed by atoms with Crippen LogP contribution in [0.2, 0.25) is 0 Å². The zero-order valence-corrected chi connectivity index (χ0v) is 18.1. The summed E-state index contributed by atoms with van der Waals surface area (Å²) < 4.78 is 23.2. The summed E-state index contributed by atoms with van der Waals surface area (Å²) in [4.78, 5) is 31.1. The summed E-state index contributed by atoms with van der Waals surface area (Å²) in [6.07, 6.45) is 4.47. The highest BCUT2D eigenvalue weighted by atomic mass is 32.2. The summed E-state index contributed by atoms with van der Waals surface area (Å²) in [6.45, 7) is 0.451. The van der Waals surface area contributed by atoms with Crippen molar-refractivity contribution in [2.75, 3.05) is 24.7 Å². The number of rotatable bonds is 9. The molecule has 3 rings (SSSR count). The summed E-state index contributed by atoms with van der Waals surface area (Å²) in [5.41, 5.74) is 1.35. The van der Waals surface area contributed by atoms with Crippen LogP contribution in [-0.2, 0) is 21.1 Å². The van der Waals surface area contributed by atoms with E-state index in [4.69, 9.17) is 0 Å². The van der Waals surface area contributed by atoms with Crippen molar-refractivity contribution in [3.8, 4) is 10.6 Å². The van der Waals surface area contributed by atoms with Crippen LogP contribution in [0.5, 0.6) is 0 Å². The number of aromatic nitrogens is 2. The van der Waals surface area contributed by atoms with Crippen LogP contribution in [0.4, 0.5) is 11.4 Å². The van der Waals surface area contributed by atoms with Crippen LogP contribution in [0.1, 0.15) is 5.69 Å². The van der Waals surface area contributed by atoms with Crippen molar-refractivity contribution in [1.82, 2.24) is 15.3 Å². The third kappa shape index (κ3) is 6.06. The second-order valence-corrected chi connectivity index (χ2v) is 9.42. The van der Waals surface area contributed by atoms with E-state index in [-0.39, 0.29) is 41.7 Å². The molecule has 162 valence electrons. The molecule has 2 aromatic heterocycles. The van der Waals surface area contributed by atoms with Gasteiger partial charge in [-0.3, -0.25) is 19.9 Å². The fraction of sp³-hybridized carbons (Fsp3) is 0.211. The van der Waals surface area contributed by atoms with E-state index >= 15 is 0 Å². The van der Waals surface area contributed by atoms with Gasteiger partial charge in [0.1, 0.15) is 10.7 Å². The van der Waals surface area contributed by atoms with Gasteiger partial charge in [0, 0.05) is 48.7 Å². The molecule has 2 heterocycles. The van der Waals surface area contributed by atoms with Crippen LogP contribution in [0.25, 0.3) is 10.6 Å². The van der Waals surface area contributed by atoms with Crippen molar-refractivity contribution in [2.45, 2.75) is 11.3 Å². The first-order chi connectivity index (χ1) is 14.7.